The first-order chi connectivity index (χ1) is 13.7. The van der Waals surface area contributed by atoms with E-state index in [0.717, 1.165) is 45.2 Å². The van der Waals surface area contributed by atoms with Crippen molar-refractivity contribution in [3.8, 4) is 5.75 Å². The molecule has 0 fully saturated rings. The largest absolute Gasteiger partial charge is 0.485 e. The fourth-order valence-corrected chi connectivity index (χ4v) is 3.55. The topological polar surface area (TPSA) is 27.1 Å². The van der Waals surface area contributed by atoms with Crippen molar-refractivity contribution in [1.29, 1.82) is 0 Å². The summed E-state index contributed by atoms with van der Waals surface area (Å²) in [6, 6.07) is 24.1. The highest BCUT2D eigenvalue weighted by Crippen LogP contribution is 2.23. The van der Waals surface area contributed by atoms with Crippen molar-refractivity contribution in [2.24, 2.45) is 0 Å². The fourth-order valence-electron chi connectivity index (χ4n) is 3.34. The molecule has 0 bridgehead atoms. The molecule has 0 radical (unpaired) electrons. The minimum atomic E-state index is 0.392. The van der Waals surface area contributed by atoms with Crippen molar-refractivity contribution < 1.29 is 4.74 Å². The van der Waals surface area contributed by atoms with Gasteiger partial charge >= 0.3 is 0 Å². The summed E-state index contributed by atoms with van der Waals surface area (Å²) >= 11 is 6.17. The number of rotatable bonds is 7. The molecule has 0 amide bonds. The maximum atomic E-state index is 6.17. The Labute approximate surface area is 169 Å². The molecule has 1 aromatic heterocycles. The van der Waals surface area contributed by atoms with Crippen LogP contribution in [0.1, 0.15) is 17.0 Å². The molecule has 0 spiro atoms. The smallest absolute Gasteiger partial charge is 0.148 e. The summed E-state index contributed by atoms with van der Waals surface area (Å²) in [6.07, 6.45) is 2.66. The van der Waals surface area contributed by atoms with Gasteiger partial charge in [0, 0.05) is 11.6 Å². The van der Waals surface area contributed by atoms with Crippen LogP contribution in [0, 0.1) is 0 Å². The van der Waals surface area contributed by atoms with Crippen molar-refractivity contribution in [2.45, 2.75) is 19.6 Å². The molecule has 0 saturated heterocycles. The molecule has 0 unspecified atom stereocenters. The molecule has 3 aromatic carbocycles. The number of fused-ring (bicyclic) bond motifs is 1. The predicted molar refractivity (Wildman–Crippen MR) is 115 cm³/mol. The third kappa shape index (κ3) is 3.95. The first-order valence-electron chi connectivity index (χ1n) is 9.25. The van der Waals surface area contributed by atoms with Gasteiger partial charge in [-0.2, -0.15) is 0 Å². The van der Waals surface area contributed by atoms with Crippen LogP contribution >= 0.6 is 11.6 Å². The van der Waals surface area contributed by atoms with Crippen LogP contribution in [0.3, 0.4) is 0 Å². The quantitative estimate of drug-likeness (QED) is 0.360. The molecule has 3 nitrogen and oxygen atoms in total. The standard InChI is InChI=1S/C24H21ClN2O/c1-2-8-19-10-3-6-14-23(19)28-17-24-26-21-12-4-5-13-22(21)27(24)16-18-9-7-11-20(25)15-18/h2-7,9-15H,1,8,16-17H2. The van der Waals surface area contributed by atoms with Gasteiger partial charge in [-0.25, -0.2) is 4.98 Å². The molecule has 0 atom stereocenters. The number of para-hydroxylation sites is 3. The molecule has 0 saturated carbocycles. The normalized spacial score (nSPS) is 10.9. The highest BCUT2D eigenvalue weighted by atomic mass is 35.5. The van der Waals surface area contributed by atoms with E-state index in [2.05, 4.69) is 29.3 Å². The van der Waals surface area contributed by atoms with Crippen molar-refractivity contribution >= 4 is 22.6 Å². The lowest BCUT2D eigenvalue weighted by Crippen LogP contribution is -2.09. The number of halogens is 1. The molecule has 4 rings (SSSR count). The van der Waals surface area contributed by atoms with E-state index in [9.17, 15) is 0 Å². The zero-order valence-electron chi connectivity index (χ0n) is 15.5. The maximum absolute atomic E-state index is 6.17. The summed E-state index contributed by atoms with van der Waals surface area (Å²) in [5.41, 5.74) is 4.29. The molecular formula is C24H21ClN2O. The minimum Gasteiger partial charge on any atom is -0.485 e. The van der Waals surface area contributed by atoms with Crippen molar-refractivity contribution in [2.75, 3.05) is 0 Å². The summed E-state index contributed by atoms with van der Waals surface area (Å²) < 4.78 is 8.34. The van der Waals surface area contributed by atoms with Gasteiger partial charge in [0.15, 0.2) is 0 Å². The van der Waals surface area contributed by atoms with E-state index in [-0.39, 0.29) is 0 Å². The maximum Gasteiger partial charge on any atom is 0.148 e. The van der Waals surface area contributed by atoms with Gasteiger partial charge < -0.3 is 9.30 Å². The summed E-state index contributed by atoms with van der Waals surface area (Å²) in [6.45, 7) is 4.91. The van der Waals surface area contributed by atoms with E-state index in [0.29, 0.717) is 13.2 Å². The highest BCUT2D eigenvalue weighted by molar-refractivity contribution is 6.30. The van der Waals surface area contributed by atoms with E-state index >= 15 is 0 Å². The number of aromatic nitrogens is 2. The average Bonchev–Trinajstić information content (AvgIpc) is 3.05. The van der Waals surface area contributed by atoms with Gasteiger partial charge in [0.25, 0.3) is 0 Å². The van der Waals surface area contributed by atoms with Crippen LogP contribution in [0.25, 0.3) is 11.0 Å². The second-order valence-corrected chi connectivity index (χ2v) is 7.06. The average molecular weight is 389 g/mol. The second kappa shape index (κ2) is 8.32. The lowest BCUT2D eigenvalue weighted by atomic mass is 10.1. The molecule has 0 aliphatic rings. The van der Waals surface area contributed by atoms with Gasteiger partial charge in [-0.1, -0.05) is 60.1 Å². The summed E-state index contributed by atoms with van der Waals surface area (Å²) in [5, 5.41) is 0.734. The van der Waals surface area contributed by atoms with Crippen LogP contribution in [0.5, 0.6) is 5.75 Å². The Morgan fingerprint density at radius 3 is 2.68 bits per heavy atom. The Morgan fingerprint density at radius 1 is 1.00 bits per heavy atom. The lowest BCUT2D eigenvalue weighted by molar-refractivity contribution is 0.289. The van der Waals surface area contributed by atoms with Crippen molar-refractivity contribution in [3.05, 3.63) is 107 Å². The number of ether oxygens (including phenoxy) is 1. The number of benzene rings is 3. The van der Waals surface area contributed by atoms with Gasteiger partial charge in [0.1, 0.15) is 18.2 Å². The number of imidazole rings is 1. The summed E-state index contributed by atoms with van der Waals surface area (Å²) in [5.74, 6) is 1.75. The third-order valence-corrected chi connectivity index (χ3v) is 4.89. The second-order valence-electron chi connectivity index (χ2n) is 6.62. The molecule has 4 aromatic rings. The minimum absolute atomic E-state index is 0.392. The zero-order valence-corrected chi connectivity index (χ0v) is 16.3. The predicted octanol–water partition coefficient (Wildman–Crippen LogP) is 6.05. The van der Waals surface area contributed by atoms with E-state index < -0.39 is 0 Å². The molecule has 28 heavy (non-hydrogen) atoms. The molecule has 1 heterocycles. The first kappa shape index (κ1) is 18.3. The van der Waals surface area contributed by atoms with Gasteiger partial charge in [0.05, 0.1) is 11.0 Å². The molecule has 0 aliphatic heterocycles. The molecule has 0 aliphatic carbocycles. The highest BCUT2D eigenvalue weighted by Gasteiger charge is 2.12. The lowest BCUT2D eigenvalue weighted by Gasteiger charge is -2.13. The van der Waals surface area contributed by atoms with Gasteiger partial charge in [-0.3, -0.25) is 0 Å². The fraction of sp³-hybridized carbons (Fsp3) is 0.125. The van der Waals surface area contributed by atoms with Crippen LogP contribution in [0.4, 0.5) is 0 Å². The van der Waals surface area contributed by atoms with Crippen LogP contribution in [-0.4, -0.2) is 9.55 Å². The molecule has 140 valence electrons. The first-order valence-corrected chi connectivity index (χ1v) is 9.62. The number of allylic oxidation sites excluding steroid dienone is 1. The third-order valence-electron chi connectivity index (χ3n) is 4.66. The van der Waals surface area contributed by atoms with E-state index in [1.54, 1.807) is 0 Å². The summed E-state index contributed by atoms with van der Waals surface area (Å²) in [4.78, 5) is 4.81. The Morgan fingerprint density at radius 2 is 1.82 bits per heavy atom. The zero-order chi connectivity index (χ0) is 19.3. The Hall–Kier alpha value is -3.04. The van der Waals surface area contributed by atoms with E-state index in [1.807, 2.05) is 60.7 Å². The van der Waals surface area contributed by atoms with E-state index in [4.69, 9.17) is 21.3 Å². The van der Waals surface area contributed by atoms with Crippen LogP contribution in [0.15, 0.2) is 85.5 Å². The van der Waals surface area contributed by atoms with Gasteiger partial charge in [0.2, 0.25) is 0 Å². The van der Waals surface area contributed by atoms with E-state index in [1.165, 1.54) is 0 Å². The van der Waals surface area contributed by atoms with Crippen LogP contribution in [-0.2, 0) is 19.6 Å². The van der Waals surface area contributed by atoms with Gasteiger partial charge in [-0.05, 0) is 47.9 Å². The molecular weight excluding hydrogens is 368 g/mol. The SMILES string of the molecule is C=CCc1ccccc1OCc1nc2ccccc2n1Cc1cccc(Cl)c1. The van der Waals surface area contributed by atoms with Gasteiger partial charge in [-0.15, -0.1) is 6.58 Å². The Kier molecular flexibility index (Phi) is 5.45. The Balaban J connectivity index is 1.66. The number of hydrogen-bond donors (Lipinski definition) is 0. The number of nitrogens with zero attached hydrogens (tertiary/aromatic N) is 2. The van der Waals surface area contributed by atoms with Crippen LogP contribution < -0.4 is 4.74 Å². The molecule has 4 heteroatoms. The van der Waals surface area contributed by atoms with Crippen molar-refractivity contribution in [3.63, 3.8) is 0 Å². The van der Waals surface area contributed by atoms with Crippen LogP contribution in [0.2, 0.25) is 5.02 Å². The van der Waals surface area contributed by atoms with Crippen molar-refractivity contribution in [1.82, 2.24) is 9.55 Å². The Bertz CT molecular complexity index is 1120. The number of hydrogen-bond acceptors (Lipinski definition) is 2. The molecule has 0 N–H and O–H groups in total. The summed E-state index contributed by atoms with van der Waals surface area (Å²) in [7, 11) is 0. The monoisotopic (exact) mass is 388 g/mol.